The second kappa shape index (κ2) is 5.12. The lowest BCUT2D eigenvalue weighted by atomic mass is 10.0. The van der Waals surface area contributed by atoms with E-state index in [9.17, 15) is 4.79 Å². The van der Waals surface area contributed by atoms with Gasteiger partial charge in [0.25, 0.3) is 0 Å². The summed E-state index contributed by atoms with van der Waals surface area (Å²) >= 11 is 0. The number of nitrogens with two attached hydrogens (primary N) is 1. The van der Waals surface area contributed by atoms with Gasteiger partial charge in [-0.15, -0.1) is 0 Å². The average molecular weight is 228 g/mol. The molecule has 0 saturated carbocycles. The Labute approximate surface area is 95.7 Å². The summed E-state index contributed by atoms with van der Waals surface area (Å²) in [5.41, 5.74) is 5.79. The van der Waals surface area contributed by atoms with Crippen LogP contribution in [0, 0.1) is 5.92 Å². The van der Waals surface area contributed by atoms with Gasteiger partial charge in [0.1, 0.15) is 0 Å². The van der Waals surface area contributed by atoms with E-state index in [0.29, 0.717) is 13.2 Å². The second-order valence-corrected chi connectivity index (χ2v) is 4.66. The lowest BCUT2D eigenvalue weighted by Crippen LogP contribution is -2.47. The molecular weight excluding hydrogens is 208 g/mol. The molecule has 2 aliphatic rings. The Morgan fingerprint density at radius 2 is 2.31 bits per heavy atom. The van der Waals surface area contributed by atoms with Crippen molar-refractivity contribution >= 4 is 5.91 Å². The first kappa shape index (κ1) is 11.8. The van der Waals surface area contributed by atoms with Gasteiger partial charge >= 0.3 is 0 Å². The molecule has 1 amide bonds. The quantitative estimate of drug-likeness (QED) is 0.692. The zero-order valence-corrected chi connectivity index (χ0v) is 9.65. The summed E-state index contributed by atoms with van der Waals surface area (Å²) in [6.45, 7) is 3.70. The highest BCUT2D eigenvalue weighted by Crippen LogP contribution is 2.17. The van der Waals surface area contributed by atoms with Gasteiger partial charge in [-0.05, 0) is 19.8 Å². The van der Waals surface area contributed by atoms with E-state index in [1.54, 1.807) is 0 Å². The van der Waals surface area contributed by atoms with Gasteiger partial charge < -0.3 is 20.5 Å². The molecule has 0 aromatic carbocycles. The topological polar surface area (TPSA) is 73.6 Å². The van der Waals surface area contributed by atoms with Gasteiger partial charge in [-0.25, -0.2) is 0 Å². The largest absolute Gasteiger partial charge is 0.379 e. The third kappa shape index (κ3) is 2.53. The van der Waals surface area contributed by atoms with E-state index in [1.807, 2.05) is 6.92 Å². The Morgan fingerprint density at radius 1 is 1.50 bits per heavy atom. The normalized spacial score (nSPS) is 36.2. The van der Waals surface area contributed by atoms with Gasteiger partial charge in [-0.3, -0.25) is 4.79 Å². The summed E-state index contributed by atoms with van der Waals surface area (Å²) in [6.07, 6.45) is 2.26. The van der Waals surface area contributed by atoms with Crippen LogP contribution in [0.3, 0.4) is 0 Å². The van der Waals surface area contributed by atoms with Crippen molar-refractivity contribution in [2.75, 3.05) is 19.8 Å². The minimum Gasteiger partial charge on any atom is -0.379 e. The molecule has 2 fully saturated rings. The van der Waals surface area contributed by atoms with Crippen molar-refractivity contribution in [1.29, 1.82) is 0 Å². The van der Waals surface area contributed by atoms with Crippen LogP contribution in [0.1, 0.15) is 19.8 Å². The molecule has 5 heteroatoms. The van der Waals surface area contributed by atoms with Crippen LogP contribution < -0.4 is 11.1 Å². The molecule has 92 valence electrons. The van der Waals surface area contributed by atoms with Gasteiger partial charge in [-0.2, -0.15) is 0 Å². The molecule has 4 unspecified atom stereocenters. The van der Waals surface area contributed by atoms with Crippen LogP contribution >= 0.6 is 0 Å². The summed E-state index contributed by atoms with van der Waals surface area (Å²) in [5.74, 6) is -0.211. The molecule has 0 radical (unpaired) electrons. The molecule has 0 aliphatic carbocycles. The van der Waals surface area contributed by atoms with Gasteiger partial charge in [0.15, 0.2) is 0 Å². The van der Waals surface area contributed by atoms with E-state index in [2.05, 4.69) is 5.32 Å². The van der Waals surface area contributed by atoms with Gasteiger partial charge in [0.2, 0.25) is 5.91 Å². The maximum absolute atomic E-state index is 11.9. The Balaban J connectivity index is 1.81. The predicted octanol–water partition coefficient (Wildman–Crippen LogP) is -0.356. The Hall–Kier alpha value is -0.650. The van der Waals surface area contributed by atoms with Crippen molar-refractivity contribution in [2.24, 2.45) is 11.7 Å². The first-order valence-electron chi connectivity index (χ1n) is 5.94. The molecule has 0 aromatic rings. The average Bonchev–Trinajstić information content (AvgIpc) is 2.86. The zero-order valence-electron chi connectivity index (χ0n) is 9.65. The van der Waals surface area contributed by atoms with E-state index in [0.717, 1.165) is 19.4 Å². The number of amides is 1. The summed E-state index contributed by atoms with van der Waals surface area (Å²) in [6, 6.07) is -0.112. The summed E-state index contributed by atoms with van der Waals surface area (Å²) in [5, 5.41) is 2.97. The van der Waals surface area contributed by atoms with Crippen LogP contribution in [0.4, 0.5) is 0 Å². The van der Waals surface area contributed by atoms with Crippen molar-refractivity contribution in [2.45, 2.75) is 38.0 Å². The molecule has 2 heterocycles. The maximum atomic E-state index is 11.9. The van der Waals surface area contributed by atoms with Crippen LogP contribution in [-0.2, 0) is 14.3 Å². The number of nitrogens with one attached hydrogen (secondary N) is 1. The van der Waals surface area contributed by atoms with E-state index >= 15 is 0 Å². The first-order chi connectivity index (χ1) is 7.68. The Kier molecular flexibility index (Phi) is 3.78. The highest BCUT2D eigenvalue weighted by Gasteiger charge is 2.33. The maximum Gasteiger partial charge on any atom is 0.227 e. The van der Waals surface area contributed by atoms with Gasteiger partial charge in [0.05, 0.1) is 31.3 Å². The van der Waals surface area contributed by atoms with E-state index in [1.165, 1.54) is 0 Å². The van der Waals surface area contributed by atoms with Crippen molar-refractivity contribution < 1.29 is 14.3 Å². The van der Waals surface area contributed by atoms with Gasteiger partial charge in [-0.1, -0.05) is 0 Å². The number of hydrogen-bond acceptors (Lipinski definition) is 4. The third-order valence-corrected chi connectivity index (χ3v) is 3.35. The number of hydrogen-bond donors (Lipinski definition) is 2. The van der Waals surface area contributed by atoms with E-state index in [-0.39, 0.29) is 30.0 Å². The van der Waals surface area contributed by atoms with Crippen molar-refractivity contribution in [1.82, 2.24) is 5.32 Å². The molecule has 4 atom stereocenters. The molecule has 16 heavy (non-hydrogen) atoms. The monoisotopic (exact) mass is 228 g/mol. The van der Waals surface area contributed by atoms with Crippen LogP contribution in [0.2, 0.25) is 0 Å². The van der Waals surface area contributed by atoms with E-state index in [4.69, 9.17) is 15.2 Å². The van der Waals surface area contributed by atoms with Crippen molar-refractivity contribution in [3.05, 3.63) is 0 Å². The number of ether oxygens (including phenoxy) is 2. The van der Waals surface area contributed by atoms with Crippen molar-refractivity contribution in [3.8, 4) is 0 Å². The molecular formula is C11H20N2O3. The minimum atomic E-state index is -0.205. The minimum absolute atomic E-state index is 0.00648. The number of carbonyl (C=O) groups excluding carboxylic acids is 1. The summed E-state index contributed by atoms with van der Waals surface area (Å²) < 4.78 is 10.7. The smallest absolute Gasteiger partial charge is 0.227 e. The highest BCUT2D eigenvalue weighted by atomic mass is 16.5. The molecule has 2 aliphatic heterocycles. The second-order valence-electron chi connectivity index (χ2n) is 4.66. The number of rotatable bonds is 3. The lowest BCUT2D eigenvalue weighted by Gasteiger charge is -2.22. The molecule has 0 spiro atoms. The highest BCUT2D eigenvalue weighted by molar-refractivity contribution is 5.80. The third-order valence-electron chi connectivity index (χ3n) is 3.35. The number of carbonyl (C=O) groups is 1. The van der Waals surface area contributed by atoms with Crippen LogP contribution in [-0.4, -0.2) is 43.9 Å². The molecule has 0 aromatic heterocycles. The molecule has 2 rings (SSSR count). The van der Waals surface area contributed by atoms with Crippen LogP contribution in [0.15, 0.2) is 0 Å². The Morgan fingerprint density at radius 3 is 2.88 bits per heavy atom. The summed E-state index contributed by atoms with van der Waals surface area (Å²) in [7, 11) is 0. The Bertz CT molecular complexity index is 254. The molecule has 2 saturated heterocycles. The lowest BCUT2D eigenvalue weighted by molar-refractivity contribution is -0.126. The first-order valence-corrected chi connectivity index (χ1v) is 5.94. The zero-order chi connectivity index (χ0) is 11.5. The fourth-order valence-corrected chi connectivity index (χ4v) is 2.26. The fraction of sp³-hybridized carbons (Fsp3) is 0.909. The van der Waals surface area contributed by atoms with Crippen LogP contribution in [0.5, 0.6) is 0 Å². The summed E-state index contributed by atoms with van der Waals surface area (Å²) in [4.78, 5) is 11.9. The molecule has 0 bridgehead atoms. The standard InChI is InChI=1S/C11H20N2O3/c1-7(10-3-2-4-16-10)13-11(14)8-5-15-6-9(8)12/h7-10H,2-6,12H2,1H3,(H,13,14). The van der Waals surface area contributed by atoms with E-state index < -0.39 is 0 Å². The molecule has 5 nitrogen and oxygen atoms in total. The molecule has 3 N–H and O–H groups in total. The van der Waals surface area contributed by atoms with Crippen molar-refractivity contribution in [3.63, 3.8) is 0 Å². The predicted molar refractivity (Wildman–Crippen MR) is 58.9 cm³/mol. The SMILES string of the molecule is CC(NC(=O)C1COCC1N)C1CCCO1. The van der Waals surface area contributed by atoms with Crippen LogP contribution in [0.25, 0.3) is 0 Å². The van der Waals surface area contributed by atoms with Gasteiger partial charge in [0, 0.05) is 12.6 Å². The fourth-order valence-electron chi connectivity index (χ4n) is 2.26.